The first kappa shape index (κ1) is 16.6. The fourth-order valence-corrected chi connectivity index (χ4v) is 3.40. The van der Waals surface area contributed by atoms with Crippen molar-refractivity contribution in [3.8, 4) is 0 Å². The molecule has 1 amide bonds. The lowest BCUT2D eigenvalue weighted by molar-refractivity contribution is -0.120. The van der Waals surface area contributed by atoms with Gasteiger partial charge in [0.2, 0.25) is 5.91 Å². The Morgan fingerprint density at radius 2 is 1.92 bits per heavy atom. The van der Waals surface area contributed by atoms with Crippen LogP contribution in [0.2, 0.25) is 0 Å². The molecule has 0 spiro atoms. The minimum Gasteiger partial charge on any atom is -0.355 e. The Bertz CT molecular complexity index is 767. The Hall–Kier alpha value is -2.27. The summed E-state index contributed by atoms with van der Waals surface area (Å²) >= 11 is 1.58. The fourth-order valence-electron chi connectivity index (χ4n) is 2.49. The molecular weight excluding hydrogens is 318 g/mol. The van der Waals surface area contributed by atoms with Gasteiger partial charge in [0, 0.05) is 17.9 Å². The van der Waals surface area contributed by atoms with E-state index in [1.807, 2.05) is 61.5 Å². The smallest absolute Gasteiger partial charge is 0.233 e. The van der Waals surface area contributed by atoms with Crippen molar-refractivity contribution < 1.29 is 4.79 Å². The van der Waals surface area contributed by atoms with Crippen molar-refractivity contribution >= 4 is 28.7 Å². The number of para-hydroxylation sites is 2. The zero-order valence-electron chi connectivity index (χ0n) is 13.7. The zero-order valence-corrected chi connectivity index (χ0v) is 14.5. The third-order valence-corrected chi connectivity index (χ3v) is 4.87. The summed E-state index contributed by atoms with van der Waals surface area (Å²) in [7, 11) is 0. The number of carbonyl (C=O) groups is 1. The number of rotatable bonds is 7. The maximum atomic E-state index is 12.1. The third-order valence-electron chi connectivity index (χ3n) is 3.75. The maximum Gasteiger partial charge on any atom is 0.233 e. The minimum atomic E-state index is -0.0985. The van der Waals surface area contributed by atoms with Crippen molar-refractivity contribution in [3.63, 3.8) is 0 Å². The van der Waals surface area contributed by atoms with Crippen molar-refractivity contribution in [1.82, 2.24) is 15.3 Å². The van der Waals surface area contributed by atoms with Crippen LogP contribution in [0.15, 0.2) is 59.5 Å². The molecule has 1 unspecified atom stereocenters. The summed E-state index contributed by atoms with van der Waals surface area (Å²) in [6, 6.07) is 18.0. The molecule has 5 heteroatoms. The van der Waals surface area contributed by atoms with E-state index in [0.717, 1.165) is 34.6 Å². The van der Waals surface area contributed by atoms with Crippen LogP contribution in [0, 0.1) is 0 Å². The lowest BCUT2D eigenvalue weighted by Crippen LogP contribution is -2.31. The summed E-state index contributed by atoms with van der Waals surface area (Å²) in [5, 5.41) is 2.91. The van der Waals surface area contributed by atoms with E-state index < -0.39 is 0 Å². The van der Waals surface area contributed by atoms with Crippen molar-refractivity contribution in [1.29, 1.82) is 0 Å². The number of hydrogen-bond donors (Lipinski definition) is 2. The molecule has 0 aliphatic heterocycles. The van der Waals surface area contributed by atoms with Crippen LogP contribution in [-0.2, 0) is 11.2 Å². The predicted molar refractivity (Wildman–Crippen MR) is 99.2 cm³/mol. The molecule has 1 heterocycles. The molecule has 3 aromatic rings. The van der Waals surface area contributed by atoms with Crippen LogP contribution < -0.4 is 5.32 Å². The molecule has 0 saturated heterocycles. The van der Waals surface area contributed by atoms with Crippen LogP contribution in [0.1, 0.15) is 19.2 Å². The molecule has 1 atom stereocenters. The van der Waals surface area contributed by atoms with E-state index in [0.29, 0.717) is 6.54 Å². The first-order valence-electron chi connectivity index (χ1n) is 8.15. The number of nitrogens with zero attached hydrogens (tertiary/aromatic N) is 1. The van der Waals surface area contributed by atoms with Crippen molar-refractivity contribution in [2.75, 3.05) is 6.54 Å². The van der Waals surface area contributed by atoms with Gasteiger partial charge >= 0.3 is 0 Å². The quantitative estimate of drug-likeness (QED) is 0.508. The van der Waals surface area contributed by atoms with Gasteiger partial charge in [-0.1, -0.05) is 30.3 Å². The fraction of sp³-hybridized carbons (Fsp3) is 0.263. The number of aryl methyl sites for hydroxylation is 1. The molecule has 0 aliphatic rings. The van der Waals surface area contributed by atoms with Crippen LogP contribution in [-0.4, -0.2) is 27.7 Å². The van der Waals surface area contributed by atoms with Crippen molar-refractivity contribution in [2.45, 2.75) is 29.9 Å². The van der Waals surface area contributed by atoms with E-state index in [2.05, 4.69) is 15.3 Å². The average Bonchev–Trinajstić information content (AvgIpc) is 3.02. The monoisotopic (exact) mass is 339 g/mol. The number of nitrogens with one attached hydrogen (secondary N) is 2. The highest BCUT2D eigenvalue weighted by atomic mass is 32.2. The van der Waals surface area contributed by atoms with Gasteiger partial charge in [-0.25, -0.2) is 4.98 Å². The second kappa shape index (κ2) is 8.02. The summed E-state index contributed by atoms with van der Waals surface area (Å²) in [6.07, 6.45) is 1.70. The average molecular weight is 339 g/mol. The van der Waals surface area contributed by atoms with Crippen LogP contribution in [0.4, 0.5) is 0 Å². The number of H-pyrrole nitrogens is 1. The highest BCUT2D eigenvalue weighted by Gasteiger charge is 2.13. The highest BCUT2D eigenvalue weighted by Crippen LogP contribution is 2.22. The number of thioether (sulfide) groups is 1. The van der Waals surface area contributed by atoms with Gasteiger partial charge in [-0.2, -0.15) is 0 Å². The van der Waals surface area contributed by atoms with Crippen LogP contribution in [0.5, 0.6) is 0 Å². The predicted octanol–water partition coefficient (Wildman–Crippen LogP) is 3.79. The number of amides is 1. The number of aromatic nitrogens is 2. The Kier molecular flexibility index (Phi) is 5.54. The second-order valence-electron chi connectivity index (χ2n) is 5.67. The SMILES string of the molecule is CC(Sc1ccccc1)C(=O)NCCCc1nc2ccccc2[nH]1. The summed E-state index contributed by atoms with van der Waals surface area (Å²) in [5.74, 6) is 1.05. The molecule has 0 saturated carbocycles. The van der Waals surface area contributed by atoms with Gasteiger partial charge in [-0.3, -0.25) is 4.79 Å². The Balaban J connectivity index is 1.41. The lowest BCUT2D eigenvalue weighted by atomic mass is 10.3. The van der Waals surface area contributed by atoms with E-state index in [4.69, 9.17) is 0 Å². The highest BCUT2D eigenvalue weighted by molar-refractivity contribution is 8.00. The van der Waals surface area contributed by atoms with E-state index in [1.165, 1.54) is 0 Å². The van der Waals surface area contributed by atoms with Gasteiger partial charge in [-0.05, 0) is 37.6 Å². The molecule has 4 nitrogen and oxygen atoms in total. The molecule has 1 aromatic heterocycles. The van der Waals surface area contributed by atoms with Crippen molar-refractivity contribution in [2.24, 2.45) is 0 Å². The molecule has 2 aromatic carbocycles. The third kappa shape index (κ3) is 4.38. The summed E-state index contributed by atoms with van der Waals surface area (Å²) in [6.45, 7) is 2.60. The van der Waals surface area contributed by atoms with E-state index in [-0.39, 0.29) is 11.2 Å². The molecule has 24 heavy (non-hydrogen) atoms. The zero-order chi connectivity index (χ0) is 16.8. The van der Waals surface area contributed by atoms with Gasteiger partial charge in [0.15, 0.2) is 0 Å². The topological polar surface area (TPSA) is 57.8 Å². The van der Waals surface area contributed by atoms with Crippen LogP contribution in [0.3, 0.4) is 0 Å². The standard InChI is InChI=1S/C19H21N3OS/c1-14(24-15-8-3-2-4-9-15)19(23)20-13-7-12-18-21-16-10-5-6-11-17(16)22-18/h2-6,8-11,14H,7,12-13H2,1H3,(H,20,23)(H,21,22). The van der Waals surface area contributed by atoms with Crippen molar-refractivity contribution in [3.05, 3.63) is 60.4 Å². The molecule has 124 valence electrons. The molecule has 0 radical (unpaired) electrons. The van der Waals surface area contributed by atoms with Gasteiger partial charge < -0.3 is 10.3 Å². The normalized spacial score (nSPS) is 12.2. The number of fused-ring (bicyclic) bond motifs is 1. The molecular formula is C19H21N3OS. The number of hydrogen-bond acceptors (Lipinski definition) is 3. The Morgan fingerprint density at radius 1 is 1.17 bits per heavy atom. The van der Waals surface area contributed by atoms with Crippen LogP contribution >= 0.6 is 11.8 Å². The number of carbonyl (C=O) groups excluding carboxylic acids is 1. The summed E-state index contributed by atoms with van der Waals surface area (Å²) in [4.78, 5) is 21.1. The summed E-state index contributed by atoms with van der Waals surface area (Å²) in [5.41, 5.74) is 2.05. The Labute approximate surface area is 146 Å². The van der Waals surface area contributed by atoms with Gasteiger partial charge in [-0.15, -0.1) is 11.8 Å². The number of aromatic amines is 1. The molecule has 0 aliphatic carbocycles. The lowest BCUT2D eigenvalue weighted by Gasteiger charge is -2.11. The minimum absolute atomic E-state index is 0.0773. The number of benzene rings is 2. The van der Waals surface area contributed by atoms with E-state index in [1.54, 1.807) is 11.8 Å². The van der Waals surface area contributed by atoms with Gasteiger partial charge in [0.05, 0.1) is 16.3 Å². The largest absolute Gasteiger partial charge is 0.355 e. The first-order valence-corrected chi connectivity index (χ1v) is 9.03. The maximum absolute atomic E-state index is 12.1. The molecule has 2 N–H and O–H groups in total. The van der Waals surface area contributed by atoms with Gasteiger partial charge in [0.25, 0.3) is 0 Å². The molecule has 0 fully saturated rings. The van der Waals surface area contributed by atoms with Crippen LogP contribution in [0.25, 0.3) is 11.0 Å². The Morgan fingerprint density at radius 3 is 2.71 bits per heavy atom. The summed E-state index contributed by atoms with van der Waals surface area (Å²) < 4.78 is 0. The second-order valence-corrected chi connectivity index (χ2v) is 7.08. The molecule has 3 rings (SSSR count). The molecule has 0 bridgehead atoms. The van der Waals surface area contributed by atoms with E-state index in [9.17, 15) is 4.79 Å². The first-order chi connectivity index (χ1) is 11.7. The van der Waals surface area contributed by atoms with E-state index >= 15 is 0 Å². The number of imidazole rings is 1. The van der Waals surface area contributed by atoms with Gasteiger partial charge in [0.1, 0.15) is 5.82 Å².